The standard InChI is InChI=1S/C17H20N2O2/c20-16-8-6-15(7-9-16)11-13-19-17(21)18-12-10-14-4-2-1-3-5-14/h1-9,20H,10-13H2,(H2,18,19,21). The fraction of sp³-hybridized carbons (Fsp3) is 0.235. The van der Waals surface area contributed by atoms with Crippen LogP contribution in [-0.4, -0.2) is 24.2 Å². The normalized spacial score (nSPS) is 10.1. The second-order valence-electron chi connectivity index (χ2n) is 4.83. The average Bonchev–Trinajstić information content (AvgIpc) is 2.50. The lowest BCUT2D eigenvalue weighted by Crippen LogP contribution is -2.37. The van der Waals surface area contributed by atoms with Crippen LogP contribution in [0.4, 0.5) is 4.79 Å². The third-order valence-corrected chi connectivity index (χ3v) is 3.18. The largest absolute Gasteiger partial charge is 0.508 e. The molecule has 0 fully saturated rings. The monoisotopic (exact) mass is 284 g/mol. The number of amides is 2. The molecule has 0 saturated heterocycles. The molecule has 0 aliphatic carbocycles. The van der Waals surface area contributed by atoms with Gasteiger partial charge in [0.15, 0.2) is 0 Å². The van der Waals surface area contributed by atoms with Crippen LogP contribution in [0, 0.1) is 0 Å². The number of benzene rings is 2. The Morgan fingerprint density at radius 2 is 1.33 bits per heavy atom. The van der Waals surface area contributed by atoms with E-state index in [1.807, 2.05) is 42.5 Å². The number of phenolic OH excluding ortho intramolecular Hbond substituents is 1. The van der Waals surface area contributed by atoms with Crippen LogP contribution in [0.5, 0.6) is 5.75 Å². The van der Waals surface area contributed by atoms with Gasteiger partial charge in [-0.2, -0.15) is 0 Å². The van der Waals surface area contributed by atoms with E-state index in [0.717, 1.165) is 18.4 Å². The van der Waals surface area contributed by atoms with Crippen molar-refractivity contribution in [1.82, 2.24) is 10.6 Å². The molecule has 2 aromatic carbocycles. The van der Waals surface area contributed by atoms with Gasteiger partial charge in [0.1, 0.15) is 5.75 Å². The van der Waals surface area contributed by atoms with E-state index >= 15 is 0 Å². The quantitative estimate of drug-likeness (QED) is 0.763. The van der Waals surface area contributed by atoms with Gasteiger partial charge in [-0.3, -0.25) is 0 Å². The van der Waals surface area contributed by atoms with Gasteiger partial charge in [-0.25, -0.2) is 4.79 Å². The van der Waals surface area contributed by atoms with Crippen molar-refractivity contribution in [1.29, 1.82) is 0 Å². The number of carbonyl (C=O) groups is 1. The van der Waals surface area contributed by atoms with Crippen molar-refractivity contribution in [2.24, 2.45) is 0 Å². The highest BCUT2D eigenvalue weighted by atomic mass is 16.3. The van der Waals surface area contributed by atoms with Crippen LogP contribution < -0.4 is 10.6 Å². The van der Waals surface area contributed by atoms with E-state index < -0.39 is 0 Å². The van der Waals surface area contributed by atoms with Gasteiger partial charge in [0.05, 0.1) is 0 Å². The first-order valence-corrected chi connectivity index (χ1v) is 7.07. The summed E-state index contributed by atoms with van der Waals surface area (Å²) in [7, 11) is 0. The molecule has 0 aliphatic heterocycles. The number of hydrogen-bond acceptors (Lipinski definition) is 2. The first-order chi connectivity index (χ1) is 10.2. The highest BCUT2D eigenvalue weighted by molar-refractivity contribution is 5.73. The highest BCUT2D eigenvalue weighted by Gasteiger charge is 2.00. The number of nitrogens with one attached hydrogen (secondary N) is 2. The van der Waals surface area contributed by atoms with Gasteiger partial charge in [0, 0.05) is 13.1 Å². The summed E-state index contributed by atoms with van der Waals surface area (Å²) in [4.78, 5) is 11.6. The molecule has 0 unspecified atom stereocenters. The molecule has 0 atom stereocenters. The summed E-state index contributed by atoms with van der Waals surface area (Å²) in [5.41, 5.74) is 2.29. The average molecular weight is 284 g/mol. The molecule has 2 aromatic rings. The van der Waals surface area contributed by atoms with E-state index in [1.165, 1.54) is 5.56 Å². The molecule has 2 rings (SSSR count). The SMILES string of the molecule is O=C(NCCc1ccccc1)NCCc1ccc(O)cc1. The molecule has 110 valence electrons. The fourth-order valence-electron chi connectivity index (χ4n) is 2.01. The van der Waals surface area contributed by atoms with Gasteiger partial charge >= 0.3 is 6.03 Å². The molecule has 0 bridgehead atoms. The molecule has 0 aliphatic rings. The molecule has 0 aromatic heterocycles. The van der Waals surface area contributed by atoms with Crippen LogP contribution >= 0.6 is 0 Å². The van der Waals surface area contributed by atoms with Crippen molar-refractivity contribution in [3.8, 4) is 5.75 Å². The summed E-state index contributed by atoms with van der Waals surface area (Å²) in [6.45, 7) is 1.19. The second kappa shape index (κ2) is 7.94. The first-order valence-electron chi connectivity index (χ1n) is 7.07. The minimum atomic E-state index is -0.148. The first kappa shape index (κ1) is 14.9. The number of phenols is 1. The summed E-state index contributed by atoms with van der Waals surface area (Å²) >= 11 is 0. The maximum Gasteiger partial charge on any atom is 0.314 e. The Morgan fingerprint density at radius 1 is 0.810 bits per heavy atom. The summed E-state index contributed by atoms with van der Waals surface area (Å²) in [5.74, 6) is 0.255. The Balaban J connectivity index is 1.60. The van der Waals surface area contributed by atoms with Crippen molar-refractivity contribution < 1.29 is 9.90 Å². The molecule has 21 heavy (non-hydrogen) atoms. The lowest BCUT2D eigenvalue weighted by Gasteiger charge is -2.08. The Bertz CT molecular complexity index is 553. The molecule has 2 amide bonds. The van der Waals surface area contributed by atoms with Crippen molar-refractivity contribution >= 4 is 6.03 Å². The summed E-state index contributed by atoms with van der Waals surface area (Å²) in [6.07, 6.45) is 1.57. The molecular formula is C17H20N2O2. The molecule has 0 spiro atoms. The molecule has 3 N–H and O–H groups in total. The van der Waals surface area contributed by atoms with Crippen LogP contribution in [0.2, 0.25) is 0 Å². The summed E-state index contributed by atoms with van der Waals surface area (Å²) in [5, 5.41) is 14.8. The third kappa shape index (κ3) is 5.57. The maximum absolute atomic E-state index is 11.6. The van der Waals surface area contributed by atoms with Gasteiger partial charge < -0.3 is 15.7 Å². The Labute approximate surface area is 124 Å². The van der Waals surface area contributed by atoms with Gasteiger partial charge in [0.2, 0.25) is 0 Å². The molecule has 0 radical (unpaired) electrons. The van der Waals surface area contributed by atoms with Crippen LogP contribution in [0.25, 0.3) is 0 Å². The van der Waals surface area contributed by atoms with Crippen molar-refractivity contribution in [2.45, 2.75) is 12.8 Å². The van der Waals surface area contributed by atoms with E-state index in [2.05, 4.69) is 10.6 Å². The van der Waals surface area contributed by atoms with E-state index in [0.29, 0.717) is 13.1 Å². The Morgan fingerprint density at radius 3 is 1.90 bits per heavy atom. The Hall–Kier alpha value is -2.49. The maximum atomic E-state index is 11.6. The Kier molecular flexibility index (Phi) is 5.64. The fourth-order valence-corrected chi connectivity index (χ4v) is 2.01. The minimum absolute atomic E-state index is 0.148. The zero-order valence-corrected chi connectivity index (χ0v) is 11.9. The second-order valence-corrected chi connectivity index (χ2v) is 4.83. The summed E-state index contributed by atoms with van der Waals surface area (Å²) < 4.78 is 0. The van der Waals surface area contributed by atoms with Crippen LogP contribution in [-0.2, 0) is 12.8 Å². The van der Waals surface area contributed by atoms with E-state index in [9.17, 15) is 9.90 Å². The number of rotatable bonds is 6. The number of carbonyl (C=O) groups excluding carboxylic acids is 1. The minimum Gasteiger partial charge on any atom is -0.508 e. The van der Waals surface area contributed by atoms with E-state index in [-0.39, 0.29) is 11.8 Å². The van der Waals surface area contributed by atoms with Gasteiger partial charge in [0.25, 0.3) is 0 Å². The van der Waals surface area contributed by atoms with Crippen LogP contribution in [0.1, 0.15) is 11.1 Å². The van der Waals surface area contributed by atoms with E-state index in [4.69, 9.17) is 0 Å². The van der Waals surface area contributed by atoms with Gasteiger partial charge in [-0.05, 0) is 36.1 Å². The number of aromatic hydroxyl groups is 1. The summed E-state index contributed by atoms with van der Waals surface area (Å²) in [6, 6.07) is 16.9. The van der Waals surface area contributed by atoms with Crippen molar-refractivity contribution in [3.05, 3.63) is 65.7 Å². The van der Waals surface area contributed by atoms with Crippen molar-refractivity contribution in [2.75, 3.05) is 13.1 Å². The number of urea groups is 1. The zero-order valence-electron chi connectivity index (χ0n) is 11.9. The highest BCUT2D eigenvalue weighted by Crippen LogP contribution is 2.09. The molecular weight excluding hydrogens is 264 g/mol. The van der Waals surface area contributed by atoms with Gasteiger partial charge in [-0.1, -0.05) is 42.5 Å². The smallest absolute Gasteiger partial charge is 0.314 e. The topological polar surface area (TPSA) is 61.4 Å². The molecule has 0 saturated carbocycles. The molecule has 4 heteroatoms. The third-order valence-electron chi connectivity index (χ3n) is 3.18. The van der Waals surface area contributed by atoms with Crippen LogP contribution in [0.3, 0.4) is 0 Å². The zero-order chi connectivity index (χ0) is 14.9. The molecule has 0 heterocycles. The lowest BCUT2D eigenvalue weighted by atomic mass is 10.1. The predicted molar refractivity (Wildman–Crippen MR) is 83.4 cm³/mol. The van der Waals surface area contributed by atoms with E-state index in [1.54, 1.807) is 12.1 Å². The number of hydrogen-bond donors (Lipinski definition) is 3. The van der Waals surface area contributed by atoms with Crippen molar-refractivity contribution in [3.63, 3.8) is 0 Å². The van der Waals surface area contributed by atoms with Crippen LogP contribution in [0.15, 0.2) is 54.6 Å². The molecule has 4 nitrogen and oxygen atoms in total. The van der Waals surface area contributed by atoms with Gasteiger partial charge in [-0.15, -0.1) is 0 Å². The predicted octanol–water partition coefficient (Wildman–Crippen LogP) is 2.48. The lowest BCUT2D eigenvalue weighted by molar-refractivity contribution is 0.241.